The zero-order valence-electron chi connectivity index (χ0n) is 8.96. The Balaban J connectivity index is 2.41. The smallest absolute Gasteiger partial charge is 0.149 e. The van der Waals surface area contributed by atoms with Crippen LogP contribution in [0.3, 0.4) is 0 Å². The Morgan fingerprint density at radius 3 is 2.71 bits per heavy atom. The Hall–Kier alpha value is -1.16. The minimum Gasteiger partial charge on any atom is -0.399 e. The van der Waals surface area contributed by atoms with Crippen molar-refractivity contribution in [3.63, 3.8) is 0 Å². The maximum atomic E-state index is 5.74. The molecule has 4 heteroatoms. The van der Waals surface area contributed by atoms with Gasteiger partial charge in [0.15, 0.2) is 0 Å². The molecule has 3 nitrogen and oxygen atoms in total. The third kappa shape index (κ3) is 1.46. The number of nitrogens with two attached hydrogens (primary N) is 1. The highest BCUT2D eigenvalue weighted by atomic mass is 28.3. The van der Waals surface area contributed by atoms with Crippen molar-refractivity contribution < 1.29 is 0 Å². The molecule has 0 saturated heterocycles. The van der Waals surface area contributed by atoms with Crippen LogP contribution in [-0.4, -0.2) is 14.9 Å². The van der Waals surface area contributed by atoms with Crippen molar-refractivity contribution in [1.29, 1.82) is 0 Å². The number of fused-ring (bicyclic) bond motifs is 1. The zero-order valence-corrected chi connectivity index (χ0v) is 9.96. The molecule has 1 aromatic rings. The van der Waals surface area contributed by atoms with Crippen LogP contribution in [0, 0.1) is 0 Å². The molecule has 0 radical (unpaired) electrons. The molecule has 1 heterocycles. The van der Waals surface area contributed by atoms with Crippen LogP contribution in [0.15, 0.2) is 18.2 Å². The third-order valence-electron chi connectivity index (χ3n) is 2.55. The van der Waals surface area contributed by atoms with Gasteiger partial charge in [0, 0.05) is 5.69 Å². The standard InChI is InChI=1S/C10H17N3Si/c1-14(2,3)13-7-12-9-6-8(11)4-5-10(9)13/h4-6,12H,7,11H2,1-3H3. The van der Waals surface area contributed by atoms with Crippen LogP contribution in [0.2, 0.25) is 19.6 Å². The molecule has 0 aliphatic carbocycles. The van der Waals surface area contributed by atoms with E-state index in [9.17, 15) is 0 Å². The summed E-state index contributed by atoms with van der Waals surface area (Å²) in [7, 11) is -1.26. The highest BCUT2D eigenvalue weighted by Crippen LogP contribution is 2.35. The van der Waals surface area contributed by atoms with Gasteiger partial charge >= 0.3 is 0 Å². The number of rotatable bonds is 1. The molecule has 1 aliphatic heterocycles. The molecule has 0 unspecified atom stereocenters. The molecule has 0 spiro atoms. The van der Waals surface area contributed by atoms with Gasteiger partial charge < -0.3 is 15.6 Å². The van der Waals surface area contributed by atoms with Crippen LogP contribution < -0.4 is 15.6 Å². The molecular formula is C10H17N3Si. The van der Waals surface area contributed by atoms with E-state index >= 15 is 0 Å². The summed E-state index contributed by atoms with van der Waals surface area (Å²) in [5.74, 6) is 0. The Bertz CT molecular complexity index is 357. The number of nitrogens with zero attached hydrogens (tertiary/aromatic N) is 1. The van der Waals surface area contributed by atoms with Gasteiger partial charge in [-0.1, -0.05) is 19.6 Å². The van der Waals surface area contributed by atoms with E-state index in [1.165, 1.54) is 11.4 Å². The van der Waals surface area contributed by atoms with E-state index in [4.69, 9.17) is 5.73 Å². The second-order valence-electron chi connectivity index (χ2n) is 4.71. The molecule has 0 bridgehead atoms. The Labute approximate surface area is 86.0 Å². The summed E-state index contributed by atoms with van der Waals surface area (Å²) < 4.78 is 2.47. The summed E-state index contributed by atoms with van der Waals surface area (Å²) in [5.41, 5.74) is 9.04. The van der Waals surface area contributed by atoms with Crippen LogP contribution in [-0.2, 0) is 0 Å². The molecule has 1 aliphatic rings. The van der Waals surface area contributed by atoms with Gasteiger partial charge in [0.05, 0.1) is 18.0 Å². The van der Waals surface area contributed by atoms with E-state index < -0.39 is 8.24 Å². The summed E-state index contributed by atoms with van der Waals surface area (Å²) in [6.45, 7) is 7.97. The van der Waals surface area contributed by atoms with E-state index in [1.54, 1.807) is 0 Å². The lowest BCUT2D eigenvalue weighted by atomic mass is 10.2. The summed E-state index contributed by atoms with van der Waals surface area (Å²) in [4.78, 5) is 0. The second-order valence-corrected chi connectivity index (χ2v) is 9.59. The SMILES string of the molecule is C[Si](C)(C)N1CNc2cc(N)ccc21. The normalized spacial score (nSPS) is 15.2. The maximum Gasteiger partial charge on any atom is 0.149 e. The van der Waals surface area contributed by atoms with Gasteiger partial charge in [0.1, 0.15) is 8.24 Å². The van der Waals surface area contributed by atoms with Crippen LogP contribution in [0.4, 0.5) is 17.1 Å². The number of nitrogen functional groups attached to an aromatic ring is 1. The number of hydrogen-bond donors (Lipinski definition) is 2. The van der Waals surface area contributed by atoms with Crippen molar-refractivity contribution in [1.82, 2.24) is 0 Å². The molecule has 0 saturated carbocycles. The average molecular weight is 207 g/mol. The molecule has 3 N–H and O–H groups in total. The van der Waals surface area contributed by atoms with Crippen LogP contribution in [0.5, 0.6) is 0 Å². The molecule has 2 rings (SSSR count). The van der Waals surface area contributed by atoms with Gasteiger partial charge in [-0.25, -0.2) is 0 Å². The quantitative estimate of drug-likeness (QED) is 0.548. The fraction of sp³-hybridized carbons (Fsp3) is 0.400. The van der Waals surface area contributed by atoms with Crippen molar-refractivity contribution in [2.45, 2.75) is 19.6 Å². The summed E-state index contributed by atoms with van der Waals surface area (Å²) in [6.07, 6.45) is 0. The first-order valence-corrected chi connectivity index (χ1v) is 8.34. The van der Waals surface area contributed by atoms with Crippen molar-refractivity contribution >= 4 is 25.3 Å². The van der Waals surface area contributed by atoms with Crippen molar-refractivity contribution in [3.8, 4) is 0 Å². The topological polar surface area (TPSA) is 41.3 Å². The zero-order chi connectivity index (χ0) is 10.3. The number of hydrogen-bond acceptors (Lipinski definition) is 3. The number of nitrogens with one attached hydrogen (secondary N) is 1. The molecular weight excluding hydrogens is 190 g/mol. The van der Waals surface area contributed by atoms with Crippen LogP contribution >= 0.6 is 0 Å². The molecule has 0 atom stereocenters. The highest BCUT2D eigenvalue weighted by Gasteiger charge is 2.29. The third-order valence-corrected chi connectivity index (χ3v) is 4.57. The lowest BCUT2D eigenvalue weighted by Gasteiger charge is -2.31. The summed E-state index contributed by atoms with van der Waals surface area (Å²) >= 11 is 0. The van der Waals surface area contributed by atoms with E-state index in [-0.39, 0.29) is 0 Å². The van der Waals surface area contributed by atoms with Gasteiger partial charge in [0.25, 0.3) is 0 Å². The molecule has 0 aromatic heterocycles. The molecule has 0 amide bonds. The highest BCUT2D eigenvalue weighted by molar-refractivity contribution is 6.80. The Morgan fingerprint density at radius 2 is 2.07 bits per heavy atom. The maximum absolute atomic E-state index is 5.74. The lowest BCUT2D eigenvalue weighted by molar-refractivity contribution is 1.13. The average Bonchev–Trinajstić information content (AvgIpc) is 2.45. The van der Waals surface area contributed by atoms with Crippen LogP contribution in [0.25, 0.3) is 0 Å². The Morgan fingerprint density at radius 1 is 1.36 bits per heavy atom. The van der Waals surface area contributed by atoms with E-state index in [0.717, 1.165) is 12.4 Å². The first-order valence-electron chi connectivity index (χ1n) is 4.89. The second kappa shape index (κ2) is 2.92. The van der Waals surface area contributed by atoms with Crippen LogP contribution in [0.1, 0.15) is 0 Å². The lowest BCUT2D eigenvalue weighted by Crippen LogP contribution is -2.45. The van der Waals surface area contributed by atoms with E-state index in [1.807, 2.05) is 12.1 Å². The van der Waals surface area contributed by atoms with Gasteiger partial charge in [-0.2, -0.15) is 0 Å². The molecule has 1 aromatic carbocycles. The largest absolute Gasteiger partial charge is 0.399 e. The summed E-state index contributed by atoms with van der Waals surface area (Å²) in [6, 6.07) is 6.09. The van der Waals surface area contributed by atoms with Crippen molar-refractivity contribution in [3.05, 3.63) is 18.2 Å². The van der Waals surface area contributed by atoms with Crippen molar-refractivity contribution in [2.24, 2.45) is 0 Å². The number of benzene rings is 1. The molecule has 0 fully saturated rings. The van der Waals surface area contributed by atoms with Gasteiger partial charge in [-0.15, -0.1) is 0 Å². The monoisotopic (exact) mass is 207 g/mol. The van der Waals surface area contributed by atoms with E-state index in [0.29, 0.717) is 0 Å². The van der Waals surface area contributed by atoms with Gasteiger partial charge in [0.2, 0.25) is 0 Å². The van der Waals surface area contributed by atoms with Gasteiger partial charge in [-0.3, -0.25) is 0 Å². The predicted octanol–water partition coefficient (Wildman–Crippen LogP) is 2.29. The fourth-order valence-corrected chi connectivity index (χ4v) is 3.25. The minimum absolute atomic E-state index is 0.827. The van der Waals surface area contributed by atoms with E-state index in [2.05, 4.69) is 35.6 Å². The summed E-state index contributed by atoms with van der Waals surface area (Å²) in [5, 5.41) is 3.38. The predicted molar refractivity (Wildman–Crippen MR) is 65.2 cm³/mol. The minimum atomic E-state index is -1.26. The first kappa shape index (κ1) is 9.39. The Kier molecular flexibility index (Phi) is 1.96. The fourth-order valence-electron chi connectivity index (χ4n) is 1.78. The molecule has 14 heavy (non-hydrogen) atoms. The number of anilines is 3. The van der Waals surface area contributed by atoms with Gasteiger partial charge in [-0.05, 0) is 18.2 Å². The first-order chi connectivity index (χ1) is 6.48. The van der Waals surface area contributed by atoms with Crippen molar-refractivity contribution in [2.75, 3.05) is 22.3 Å². The molecule has 76 valence electrons.